The third-order valence-corrected chi connectivity index (χ3v) is 2.05. The summed E-state index contributed by atoms with van der Waals surface area (Å²) in [5.41, 5.74) is -0.916. The molecule has 0 rings (SSSR count). The second kappa shape index (κ2) is 10.5. The highest BCUT2D eigenvalue weighted by atomic mass is 19.1. The summed E-state index contributed by atoms with van der Waals surface area (Å²) in [4.78, 5) is 10.6. The van der Waals surface area contributed by atoms with E-state index in [4.69, 9.17) is 9.47 Å². The van der Waals surface area contributed by atoms with E-state index in [1.165, 1.54) is 6.92 Å². The number of nitrogens with one attached hydrogen (secondary N) is 1. The van der Waals surface area contributed by atoms with Crippen molar-refractivity contribution in [2.24, 2.45) is 0 Å². The van der Waals surface area contributed by atoms with Gasteiger partial charge in [0.15, 0.2) is 0 Å². The number of hydrogen-bond donors (Lipinski definition) is 1. The Kier molecular flexibility index (Phi) is 11.5. The monoisotopic (exact) mass is 251 g/mol. The molecule has 104 valence electrons. The summed E-state index contributed by atoms with van der Waals surface area (Å²) in [5, 5.41) is 2.42. The van der Waals surface area contributed by atoms with Crippen molar-refractivity contribution in [3.8, 4) is 0 Å². The highest BCUT2D eigenvalue weighted by molar-refractivity contribution is 5.72. The van der Waals surface area contributed by atoms with Gasteiger partial charge in [0.25, 0.3) is 0 Å². The molecule has 0 saturated carbocycles. The van der Waals surface area contributed by atoms with Gasteiger partial charge in [-0.2, -0.15) is 0 Å². The van der Waals surface area contributed by atoms with E-state index in [2.05, 4.69) is 5.32 Å². The molecule has 0 bridgehead atoms. The molecule has 0 radical (unpaired) electrons. The summed E-state index contributed by atoms with van der Waals surface area (Å²) in [5.74, 6) is -0.245. The minimum absolute atomic E-state index is 0.0324. The van der Waals surface area contributed by atoms with Crippen molar-refractivity contribution in [3.63, 3.8) is 0 Å². The SMILES string of the molecule is CC.COCCOC(C)(C)C(F)CNC(C)=O. The van der Waals surface area contributed by atoms with E-state index in [9.17, 15) is 9.18 Å². The molecule has 5 heteroatoms. The molecule has 0 fully saturated rings. The normalized spacial score (nSPS) is 12.4. The number of hydrogen-bond acceptors (Lipinski definition) is 3. The molecule has 0 aromatic heterocycles. The summed E-state index contributed by atoms with van der Waals surface area (Å²) >= 11 is 0. The number of ether oxygens (including phenoxy) is 2. The van der Waals surface area contributed by atoms with Gasteiger partial charge in [-0.1, -0.05) is 13.8 Å². The minimum Gasteiger partial charge on any atom is -0.382 e. The van der Waals surface area contributed by atoms with Crippen molar-refractivity contribution in [1.29, 1.82) is 0 Å². The molecular weight excluding hydrogens is 225 g/mol. The number of halogens is 1. The van der Waals surface area contributed by atoms with E-state index in [1.807, 2.05) is 13.8 Å². The fourth-order valence-corrected chi connectivity index (χ4v) is 0.958. The lowest BCUT2D eigenvalue weighted by atomic mass is 10.0. The van der Waals surface area contributed by atoms with Gasteiger partial charge >= 0.3 is 0 Å². The zero-order valence-corrected chi connectivity index (χ0v) is 11.8. The molecule has 0 heterocycles. The number of carbonyl (C=O) groups excluding carboxylic acids is 1. The molecule has 0 aromatic carbocycles. The van der Waals surface area contributed by atoms with E-state index in [0.29, 0.717) is 13.2 Å². The van der Waals surface area contributed by atoms with Gasteiger partial charge in [-0.25, -0.2) is 4.39 Å². The quantitative estimate of drug-likeness (QED) is 0.703. The standard InChI is InChI=1S/C10H20FNO3.C2H6/c1-8(13)12-7-9(11)10(2,3)15-6-5-14-4;1-2/h9H,5-7H2,1-4H3,(H,12,13);1-2H3. The van der Waals surface area contributed by atoms with Crippen LogP contribution in [-0.2, 0) is 14.3 Å². The molecule has 1 atom stereocenters. The first-order valence-corrected chi connectivity index (χ1v) is 5.91. The van der Waals surface area contributed by atoms with Crippen LogP contribution in [0.15, 0.2) is 0 Å². The van der Waals surface area contributed by atoms with Crippen molar-refractivity contribution in [2.45, 2.75) is 46.4 Å². The molecule has 0 aliphatic heterocycles. The van der Waals surface area contributed by atoms with E-state index in [-0.39, 0.29) is 12.5 Å². The van der Waals surface area contributed by atoms with Crippen LogP contribution in [0.1, 0.15) is 34.6 Å². The largest absolute Gasteiger partial charge is 0.382 e. The van der Waals surface area contributed by atoms with E-state index in [0.717, 1.165) is 0 Å². The van der Waals surface area contributed by atoms with E-state index < -0.39 is 11.8 Å². The first-order valence-electron chi connectivity index (χ1n) is 5.91. The van der Waals surface area contributed by atoms with Crippen LogP contribution in [-0.4, -0.2) is 44.5 Å². The molecule has 0 aliphatic carbocycles. The lowest BCUT2D eigenvalue weighted by molar-refractivity contribution is -0.120. The Labute approximate surface area is 104 Å². The van der Waals surface area contributed by atoms with Crippen molar-refractivity contribution < 1.29 is 18.7 Å². The lowest BCUT2D eigenvalue weighted by Gasteiger charge is -2.29. The maximum Gasteiger partial charge on any atom is 0.216 e. The van der Waals surface area contributed by atoms with Crippen LogP contribution < -0.4 is 5.32 Å². The third kappa shape index (κ3) is 10.2. The van der Waals surface area contributed by atoms with Gasteiger partial charge in [0.05, 0.1) is 25.4 Å². The number of methoxy groups -OCH3 is 1. The summed E-state index contributed by atoms with van der Waals surface area (Å²) in [6.45, 7) is 9.38. The van der Waals surface area contributed by atoms with Crippen LogP contribution in [0.5, 0.6) is 0 Å². The zero-order valence-electron chi connectivity index (χ0n) is 11.8. The highest BCUT2D eigenvalue weighted by Crippen LogP contribution is 2.17. The molecular formula is C12H26FNO3. The predicted molar refractivity (Wildman–Crippen MR) is 66.8 cm³/mol. The van der Waals surface area contributed by atoms with Gasteiger partial charge in [0.2, 0.25) is 5.91 Å². The Morgan fingerprint density at radius 1 is 1.35 bits per heavy atom. The van der Waals surface area contributed by atoms with Crippen LogP contribution in [0.4, 0.5) is 4.39 Å². The maximum absolute atomic E-state index is 13.6. The molecule has 0 aliphatic rings. The van der Waals surface area contributed by atoms with Crippen molar-refractivity contribution in [1.82, 2.24) is 5.32 Å². The minimum atomic E-state index is -1.24. The van der Waals surface area contributed by atoms with Crippen LogP contribution in [0.2, 0.25) is 0 Å². The van der Waals surface area contributed by atoms with Crippen molar-refractivity contribution in [2.75, 3.05) is 26.9 Å². The number of alkyl halides is 1. The van der Waals surface area contributed by atoms with Crippen LogP contribution in [0.25, 0.3) is 0 Å². The summed E-state index contributed by atoms with van der Waals surface area (Å²) in [6.07, 6.45) is -1.24. The smallest absolute Gasteiger partial charge is 0.216 e. The highest BCUT2D eigenvalue weighted by Gasteiger charge is 2.30. The third-order valence-electron chi connectivity index (χ3n) is 2.05. The fourth-order valence-electron chi connectivity index (χ4n) is 0.958. The van der Waals surface area contributed by atoms with E-state index in [1.54, 1.807) is 21.0 Å². The second-order valence-corrected chi connectivity index (χ2v) is 3.85. The number of carbonyl (C=O) groups is 1. The molecule has 0 saturated heterocycles. The topological polar surface area (TPSA) is 47.6 Å². The molecule has 0 aromatic rings. The first-order chi connectivity index (χ1) is 7.90. The predicted octanol–water partition coefficient (Wildman–Crippen LogP) is 1.93. The molecule has 1 unspecified atom stereocenters. The Morgan fingerprint density at radius 3 is 2.29 bits per heavy atom. The van der Waals surface area contributed by atoms with Gasteiger partial charge < -0.3 is 14.8 Å². The molecule has 17 heavy (non-hydrogen) atoms. The van der Waals surface area contributed by atoms with Gasteiger partial charge in [-0.3, -0.25) is 4.79 Å². The maximum atomic E-state index is 13.6. The van der Waals surface area contributed by atoms with Crippen LogP contribution in [0.3, 0.4) is 0 Å². The Morgan fingerprint density at radius 2 is 1.88 bits per heavy atom. The lowest BCUT2D eigenvalue weighted by Crippen LogP contribution is -2.44. The second-order valence-electron chi connectivity index (χ2n) is 3.85. The van der Waals surface area contributed by atoms with Crippen LogP contribution >= 0.6 is 0 Å². The Balaban J connectivity index is 0. The van der Waals surface area contributed by atoms with Gasteiger partial charge in [0.1, 0.15) is 6.17 Å². The average molecular weight is 251 g/mol. The first kappa shape index (κ1) is 18.7. The number of rotatable bonds is 7. The van der Waals surface area contributed by atoms with Crippen molar-refractivity contribution in [3.05, 3.63) is 0 Å². The zero-order chi connectivity index (χ0) is 13.9. The number of amides is 1. The van der Waals surface area contributed by atoms with Gasteiger partial charge in [0, 0.05) is 14.0 Å². The summed E-state index contributed by atoms with van der Waals surface area (Å²) in [7, 11) is 1.56. The molecule has 1 N–H and O–H groups in total. The van der Waals surface area contributed by atoms with Crippen LogP contribution in [0, 0.1) is 0 Å². The Hall–Kier alpha value is -0.680. The summed E-state index contributed by atoms with van der Waals surface area (Å²) in [6, 6.07) is 0. The van der Waals surface area contributed by atoms with Gasteiger partial charge in [-0.15, -0.1) is 0 Å². The summed E-state index contributed by atoms with van der Waals surface area (Å²) < 4.78 is 23.7. The molecule has 1 amide bonds. The van der Waals surface area contributed by atoms with Crippen molar-refractivity contribution >= 4 is 5.91 Å². The van der Waals surface area contributed by atoms with Gasteiger partial charge in [-0.05, 0) is 13.8 Å². The average Bonchev–Trinajstić information content (AvgIpc) is 2.28. The Bertz CT molecular complexity index is 198. The molecule has 4 nitrogen and oxygen atoms in total. The molecule has 0 spiro atoms. The fraction of sp³-hybridized carbons (Fsp3) is 0.917. The van der Waals surface area contributed by atoms with E-state index >= 15 is 0 Å².